The predicted octanol–water partition coefficient (Wildman–Crippen LogP) is 2.29. The minimum absolute atomic E-state index is 0.0523. The molecule has 2 aromatic rings. The van der Waals surface area contributed by atoms with Gasteiger partial charge in [0.1, 0.15) is 5.75 Å². The van der Waals surface area contributed by atoms with Crippen LogP contribution in [0.15, 0.2) is 48.5 Å². The van der Waals surface area contributed by atoms with Crippen molar-refractivity contribution in [1.82, 2.24) is 0 Å². The lowest BCUT2D eigenvalue weighted by molar-refractivity contribution is -0.117. The van der Waals surface area contributed by atoms with Crippen molar-refractivity contribution in [2.24, 2.45) is 5.73 Å². The van der Waals surface area contributed by atoms with Crippen LogP contribution in [0.4, 0.5) is 5.69 Å². The molecule has 3 N–H and O–H groups in total. The van der Waals surface area contributed by atoms with Crippen molar-refractivity contribution in [3.05, 3.63) is 59.7 Å². The summed E-state index contributed by atoms with van der Waals surface area (Å²) in [4.78, 5) is 22.8. The molecule has 23 heavy (non-hydrogen) atoms. The number of carbonyl (C=O) groups excluding carboxylic acids is 2. The normalized spacial score (nSPS) is 10.1. The van der Waals surface area contributed by atoms with E-state index in [1.54, 1.807) is 31.4 Å². The Hall–Kier alpha value is -2.82. The summed E-state index contributed by atoms with van der Waals surface area (Å²) in [6, 6.07) is 14.8. The number of nitrogens with two attached hydrogens (primary N) is 1. The highest BCUT2D eigenvalue weighted by Crippen LogP contribution is 2.14. The highest BCUT2D eigenvalue weighted by Gasteiger charge is 2.04. The van der Waals surface area contributed by atoms with Crippen molar-refractivity contribution >= 4 is 17.5 Å². The van der Waals surface area contributed by atoms with Crippen LogP contribution in [0, 0.1) is 0 Å². The maximum atomic E-state index is 12.0. The van der Waals surface area contributed by atoms with E-state index in [0.29, 0.717) is 18.5 Å². The van der Waals surface area contributed by atoms with Crippen LogP contribution < -0.4 is 15.8 Å². The number of rotatable bonds is 7. The fraction of sp³-hybridized carbons (Fsp3) is 0.222. The third-order valence-electron chi connectivity index (χ3n) is 3.42. The van der Waals surface area contributed by atoms with Gasteiger partial charge in [-0.15, -0.1) is 0 Å². The number of carbonyl (C=O) groups is 2. The van der Waals surface area contributed by atoms with Gasteiger partial charge in [0.05, 0.1) is 13.5 Å². The topological polar surface area (TPSA) is 81.4 Å². The second kappa shape index (κ2) is 7.98. The van der Waals surface area contributed by atoms with Crippen molar-refractivity contribution in [1.29, 1.82) is 0 Å². The van der Waals surface area contributed by atoms with Crippen LogP contribution in [-0.4, -0.2) is 18.9 Å². The van der Waals surface area contributed by atoms with E-state index >= 15 is 0 Å². The summed E-state index contributed by atoms with van der Waals surface area (Å²) in [7, 11) is 1.62. The molecule has 2 rings (SSSR count). The number of nitrogens with one attached hydrogen (secondary N) is 1. The second-order valence-corrected chi connectivity index (χ2v) is 5.24. The molecule has 0 spiro atoms. The molecule has 0 aliphatic heterocycles. The smallest absolute Gasteiger partial charge is 0.224 e. The number of anilines is 1. The third kappa shape index (κ3) is 5.47. The first-order valence-electron chi connectivity index (χ1n) is 7.37. The zero-order valence-electron chi connectivity index (χ0n) is 13.0. The predicted molar refractivity (Wildman–Crippen MR) is 89.3 cm³/mol. The van der Waals surface area contributed by atoms with Gasteiger partial charge in [0, 0.05) is 12.1 Å². The first-order valence-corrected chi connectivity index (χ1v) is 7.37. The van der Waals surface area contributed by atoms with E-state index in [0.717, 1.165) is 16.9 Å². The van der Waals surface area contributed by atoms with Crippen LogP contribution in [0.3, 0.4) is 0 Å². The van der Waals surface area contributed by atoms with Gasteiger partial charge >= 0.3 is 0 Å². The molecule has 0 bridgehead atoms. The first-order chi connectivity index (χ1) is 11.1. The maximum absolute atomic E-state index is 12.0. The fourth-order valence-electron chi connectivity index (χ4n) is 2.18. The van der Waals surface area contributed by atoms with E-state index in [4.69, 9.17) is 10.5 Å². The van der Waals surface area contributed by atoms with Crippen molar-refractivity contribution < 1.29 is 14.3 Å². The van der Waals surface area contributed by atoms with Crippen LogP contribution in [0.25, 0.3) is 0 Å². The molecule has 2 aromatic carbocycles. The number of primary amides is 1. The summed E-state index contributed by atoms with van der Waals surface area (Å²) in [6.07, 6.45) is 1.26. The van der Waals surface area contributed by atoms with Gasteiger partial charge in [0.15, 0.2) is 0 Å². The lowest BCUT2D eigenvalue weighted by Gasteiger charge is -2.07. The molecular formula is C18H20N2O3. The zero-order chi connectivity index (χ0) is 16.7. The molecule has 0 aromatic heterocycles. The van der Waals surface area contributed by atoms with E-state index in [1.165, 1.54) is 0 Å². The van der Waals surface area contributed by atoms with Gasteiger partial charge in [-0.25, -0.2) is 0 Å². The zero-order valence-corrected chi connectivity index (χ0v) is 13.0. The number of aryl methyl sites for hydroxylation is 1. The summed E-state index contributed by atoms with van der Waals surface area (Å²) >= 11 is 0. The molecule has 0 radical (unpaired) electrons. The first kappa shape index (κ1) is 16.5. The highest BCUT2D eigenvalue weighted by atomic mass is 16.5. The average molecular weight is 312 g/mol. The molecule has 0 atom stereocenters. The van der Waals surface area contributed by atoms with Crippen LogP contribution in [0.5, 0.6) is 5.75 Å². The third-order valence-corrected chi connectivity index (χ3v) is 3.42. The average Bonchev–Trinajstić information content (AvgIpc) is 2.55. The largest absolute Gasteiger partial charge is 0.497 e. The van der Waals surface area contributed by atoms with Crippen LogP contribution in [0.2, 0.25) is 0 Å². The van der Waals surface area contributed by atoms with E-state index in [2.05, 4.69) is 5.32 Å². The number of ether oxygens (including phenoxy) is 1. The van der Waals surface area contributed by atoms with Gasteiger partial charge in [0.25, 0.3) is 0 Å². The molecule has 0 aliphatic carbocycles. The molecule has 120 valence electrons. The lowest BCUT2D eigenvalue weighted by atomic mass is 10.1. The summed E-state index contributed by atoms with van der Waals surface area (Å²) in [6.45, 7) is 0. The molecule has 2 amide bonds. The number of hydrogen-bond acceptors (Lipinski definition) is 3. The van der Waals surface area contributed by atoms with Gasteiger partial charge < -0.3 is 15.8 Å². The molecule has 0 heterocycles. The SMILES string of the molecule is COc1ccc(CCC(=O)Nc2ccc(CC(N)=O)cc2)cc1. The molecule has 0 saturated heterocycles. The fourth-order valence-corrected chi connectivity index (χ4v) is 2.18. The minimum atomic E-state index is -0.374. The quantitative estimate of drug-likeness (QED) is 0.823. The Kier molecular flexibility index (Phi) is 5.74. The molecule has 0 aliphatic rings. The molecule has 0 saturated carbocycles. The summed E-state index contributed by atoms with van der Waals surface area (Å²) < 4.78 is 5.10. The van der Waals surface area contributed by atoms with Gasteiger partial charge in [-0.1, -0.05) is 24.3 Å². The maximum Gasteiger partial charge on any atom is 0.224 e. The Bertz CT molecular complexity index is 664. The van der Waals surface area contributed by atoms with Gasteiger partial charge in [-0.3, -0.25) is 9.59 Å². The van der Waals surface area contributed by atoms with Crippen molar-refractivity contribution in [2.75, 3.05) is 12.4 Å². The Balaban J connectivity index is 1.82. The Morgan fingerprint density at radius 3 is 2.17 bits per heavy atom. The summed E-state index contributed by atoms with van der Waals surface area (Å²) in [5.74, 6) is 0.374. The van der Waals surface area contributed by atoms with Crippen LogP contribution in [-0.2, 0) is 22.4 Å². The minimum Gasteiger partial charge on any atom is -0.497 e. The Morgan fingerprint density at radius 1 is 1.00 bits per heavy atom. The molecule has 0 fully saturated rings. The van der Waals surface area contributed by atoms with Gasteiger partial charge in [0.2, 0.25) is 11.8 Å². The molecule has 5 nitrogen and oxygen atoms in total. The number of benzene rings is 2. The lowest BCUT2D eigenvalue weighted by Crippen LogP contribution is -2.14. The summed E-state index contributed by atoms with van der Waals surface area (Å²) in [5.41, 5.74) is 7.75. The van der Waals surface area contributed by atoms with E-state index in [1.807, 2.05) is 24.3 Å². The second-order valence-electron chi connectivity index (χ2n) is 5.24. The van der Waals surface area contributed by atoms with Crippen molar-refractivity contribution in [3.63, 3.8) is 0 Å². The van der Waals surface area contributed by atoms with E-state index in [9.17, 15) is 9.59 Å². The van der Waals surface area contributed by atoms with Crippen molar-refractivity contribution in [2.45, 2.75) is 19.3 Å². The Morgan fingerprint density at radius 2 is 1.61 bits per heavy atom. The number of amides is 2. The standard InChI is InChI=1S/C18H20N2O3/c1-23-16-9-4-13(5-10-16)6-11-18(22)20-15-7-2-14(3-8-15)12-17(19)21/h2-5,7-10H,6,11-12H2,1H3,(H2,19,21)(H,20,22). The van der Waals surface area contributed by atoms with Gasteiger partial charge in [-0.05, 0) is 41.8 Å². The summed E-state index contributed by atoms with van der Waals surface area (Å²) in [5, 5.41) is 2.84. The van der Waals surface area contributed by atoms with Gasteiger partial charge in [-0.2, -0.15) is 0 Å². The number of methoxy groups -OCH3 is 1. The number of hydrogen-bond donors (Lipinski definition) is 2. The highest BCUT2D eigenvalue weighted by molar-refractivity contribution is 5.90. The van der Waals surface area contributed by atoms with Crippen LogP contribution >= 0.6 is 0 Å². The van der Waals surface area contributed by atoms with Crippen LogP contribution in [0.1, 0.15) is 17.5 Å². The van der Waals surface area contributed by atoms with E-state index in [-0.39, 0.29) is 18.2 Å². The van der Waals surface area contributed by atoms with Crippen molar-refractivity contribution in [3.8, 4) is 5.75 Å². The monoisotopic (exact) mass is 312 g/mol. The molecule has 5 heteroatoms. The molecular weight excluding hydrogens is 292 g/mol. The molecule has 0 unspecified atom stereocenters. The van der Waals surface area contributed by atoms with E-state index < -0.39 is 0 Å². The Labute approximate surface area is 135 Å².